The fraction of sp³-hybridized carbons (Fsp3) is 0.292. The van der Waals surface area contributed by atoms with Gasteiger partial charge in [0.2, 0.25) is 5.91 Å². The first-order chi connectivity index (χ1) is 13.8. The highest BCUT2D eigenvalue weighted by molar-refractivity contribution is 7.99. The van der Waals surface area contributed by atoms with Crippen molar-refractivity contribution in [3.8, 4) is 0 Å². The normalized spacial score (nSPS) is 14.9. The Morgan fingerprint density at radius 1 is 0.929 bits per heavy atom. The van der Waals surface area contributed by atoms with E-state index in [1.165, 1.54) is 16.3 Å². The van der Waals surface area contributed by atoms with E-state index < -0.39 is 0 Å². The lowest BCUT2D eigenvalue weighted by molar-refractivity contribution is -0.115. The topological polar surface area (TPSA) is 38.3 Å². The average Bonchev–Trinajstić information content (AvgIpc) is 2.73. The summed E-state index contributed by atoms with van der Waals surface area (Å²) in [6.07, 6.45) is 2.64. The Morgan fingerprint density at radius 3 is 2.61 bits per heavy atom. The summed E-state index contributed by atoms with van der Waals surface area (Å²) in [5, 5.41) is 6.09. The molecule has 0 aromatic heterocycles. The van der Waals surface area contributed by atoms with Gasteiger partial charge in [0.15, 0.2) is 0 Å². The number of rotatable bonds is 6. The van der Waals surface area contributed by atoms with Gasteiger partial charge >= 0.3 is 0 Å². The van der Waals surface area contributed by atoms with Crippen molar-refractivity contribution in [2.24, 2.45) is 0 Å². The van der Waals surface area contributed by atoms with Gasteiger partial charge in [-0.1, -0.05) is 54.6 Å². The molecule has 1 N–H and O–H groups in total. The maximum atomic E-state index is 12.5. The van der Waals surface area contributed by atoms with Crippen LogP contribution in [-0.4, -0.2) is 24.4 Å². The Hall–Kier alpha value is -2.30. The standard InChI is InChI=1S/C24H25NO2S/c26-24(16-18-8-9-20-5-1-2-6-21(20)14-18)25-22-7-3-4-19(15-22)17-28-23-10-12-27-13-11-23/h1-9,14-15,23H,10-13,16-17H2,(H,25,26). The first kappa shape index (κ1) is 19.0. The molecule has 0 spiro atoms. The van der Waals surface area contributed by atoms with E-state index >= 15 is 0 Å². The predicted molar refractivity (Wildman–Crippen MR) is 118 cm³/mol. The monoisotopic (exact) mass is 391 g/mol. The van der Waals surface area contributed by atoms with Crippen molar-refractivity contribution in [1.29, 1.82) is 0 Å². The minimum absolute atomic E-state index is 0.0181. The smallest absolute Gasteiger partial charge is 0.228 e. The molecule has 144 valence electrons. The van der Waals surface area contributed by atoms with Gasteiger partial charge in [-0.15, -0.1) is 0 Å². The van der Waals surface area contributed by atoms with Gasteiger partial charge in [-0.05, 0) is 46.9 Å². The second kappa shape index (κ2) is 9.26. The van der Waals surface area contributed by atoms with Crippen LogP contribution in [0.3, 0.4) is 0 Å². The number of thioether (sulfide) groups is 1. The van der Waals surface area contributed by atoms with Gasteiger partial charge in [0.05, 0.1) is 6.42 Å². The van der Waals surface area contributed by atoms with Crippen LogP contribution in [0.15, 0.2) is 66.7 Å². The zero-order valence-electron chi connectivity index (χ0n) is 15.9. The van der Waals surface area contributed by atoms with E-state index in [4.69, 9.17) is 4.74 Å². The van der Waals surface area contributed by atoms with Crippen LogP contribution < -0.4 is 5.32 Å². The van der Waals surface area contributed by atoms with Gasteiger partial charge in [-0.25, -0.2) is 0 Å². The summed E-state index contributed by atoms with van der Waals surface area (Å²) in [4.78, 5) is 12.5. The maximum absolute atomic E-state index is 12.5. The second-order valence-electron chi connectivity index (χ2n) is 7.23. The molecule has 0 aliphatic carbocycles. The van der Waals surface area contributed by atoms with E-state index in [0.717, 1.165) is 43.1 Å². The van der Waals surface area contributed by atoms with Crippen molar-refractivity contribution < 1.29 is 9.53 Å². The molecule has 0 atom stereocenters. The molecule has 1 heterocycles. The van der Waals surface area contributed by atoms with Gasteiger partial charge < -0.3 is 10.1 Å². The van der Waals surface area contributed by atoms with Gasteiger partial charge in [0.1, 0.15) is 0 Å². The van der Waals surface area contributed by atoms with Crippen LogP contribution in [0, 0.1) is 0 Å². The molecule has 4 rings (SSSR count). The highest BCUT2D eigenvalue weighted by Crippen LogP contribution is 2.26. The van der Waals surface area contributed by atoms with Crippen molar-refractivity contribution >= 4 is 34.1 Å². The number of hydrogen-bond donors (Lipinski definition) is 1. The molecule has 1 aliphatic rings. The Kier molecular flexibility index (Phi) is 6.30. The lowest BCUT2D eigenvalue weighted by Gasteiger charge is -2.21. The van der Waals surface area contributed by atoms with Crippen LogP contribution in [0.1, 0.15) is 24.0 Å². The van der Waals surface area contributed by atoms with Crippen molar-refractivity contribution in [3.63, 3.8) is 0 Å². The lowest BCUT2D eigenvalue weighted by Crippen LogP contribution is -2.17. The number of ether oxygens (including phenoxy) is 1. The number of nitrogens with one attached hydrogen (secondary N) is 1. The van der Waals surface area contributed by atoms with E-state index in [0.29, 0.717) is 11.7 Å². The minimum Gasteiger partial charge on any atom is -0.381 e. The summed E-state index contributed by atoms with van der Waals surface area (Å²) in [5.41, 5.74) is 3.15. The molecule has 3 aromatic carbocycles. The fourth-order valence-electron chi connectivity index (χ4n) is 3.53. The number of anilines is 1. The molecule has 3 nitrogen and oxygen atoms in total. The summed E-state index contributed by atoms with van der Waals surface area (Å²) in [6, 6.07) is 22.6. The molecule has 3 aromatic rings. The molecule has 0 unspecified atom stereocenters. The third kappa shape index (κ3) is 5.15. The van der Waals surface area contributed by atoms with Crippen molar-refractivity contribution in [2.75, 3.05) is 18.5 Å². The van der Waals surface area contributed by atoms with Gasteiger partial charge in [0.25, 0.3) is 0 Å². The molecule has 0 radical (unpaired) electrons. The molecule has 1 saturated heterocycles. The van der Waals surface area contributed by atoms with E-state index in [2.05, 4.69) is 41.7 Å². The van der Waals surface area contributed by atoms with Gasteiger partial charge in [-0.3, -0.25) is 4.79 Å². The largest absolute Gasteiger partial charge is 0.381 e. The molecule has 28 heavy (non-hydrogen) atoms. The molecular weight excluding hydrogens is 366 g/mol. The third-order valence-electron chi connectivity index (χ3n) is 5.04. The average molecular weight is 392 g/mol. The zero-order valence-corrected chi connectivity index (χ0v) is 16.7. The fourth-order valence-corrected chi connectivity index (χ4v) is 4.67. The molecule has 1 fully saturated rings. The SMILES string of the molecule is O=C(Cc1ccc2ccccc2c1)Nc1cccc(CSC2CCOCC2)c1. The summed E-state index contributed by atoms with van der Waals surface area (Å²) >= 11 is 1.99. The molecule has 0 bridgehead atoms. The van der Waals surface area contributed by atoms with Crippen molar-refractivity contribution in [3.05, 3.63) is 77.9 Å². The lowest BCUT2D eigenvalue weighted by atomic mass is 10.0. The second-order valence-corrected chi connectivity index (χ2v) is 8.52. The highest BCUT2D eigenvalue weighted by atomic mass is 32.2. The van der Waals surface area contributed by atoms with E-state index in [9.17, 15) is 4.79 Å². The van der Waals surface area contributed by atoms with E-state index in [-0.39, 0.29) is 5.91 Å². The van der Waals surface area contributed by atoms with Crippen LogP contribution in [0.25, 0.3) is 10.8 Å². The van der Waals surface area contributed by atoms with Crippen LogP contribution in [0.2, 0.25) is 0 Å². The Morgan fingerprint density at radius 2 is 1.75 bits per heavy atom. The Bertz CT molecular complexity index is 950. The molecule has 0 saturated carbocycles. The number of amides is 1. The number of carbonyl (C=O) groups is 1. The molecular formula is C24H25NO2S. The number of hydrogen-bond acceptors (Lipinski definition) is 3. The minimum atomic E-state index is 0.0181. The van der Waals surface area contributed by atoms with Crippen LogP contribution in [0.4, 0.5) is 5.69 Å². The first-order valence-corrected chi connectivity index (χ1v) is 10.9. The highest BCUT2D eigenvalue weighted by Gasteiger charge is 2.14. The number of benzene rings is 3. The maximum Gasteiger partial charge on any atom is 0.228 e. The summed E-state index contributed by atoms with van der Waals surface area (Å²) in [7, 11) is 0. The van der Waals surface area contributed by atoms with Crippen LogP contribution >= 0.6 is 11.8 Å². The van der Waals surface area contributed by atoms with Gasteiger partial charge in [-0.2, -0.15) is 11.8 Å². The number of fused-ring (bicyclic) bond motifs is 1. The summed E-state index contributed by atoms with van der Waals surface area (Å²) in [5.74, 6) is 0.989. The molecule has 4 heteroatoms. The first-order valence-electron chi connectivity index (χ1n) is 9.82. The predicted octanol–water partition coefficient (Wildman–Crippen LogP) is 5.43. The van der Waals surface area contributed by atoms with Crippen molar-refractivity contribution in [1.82, 2.24) is 0 Å². The summed E-state index contributed by atoms with van der Waals surface area (Å²) in [6.45, 7) is 1.76. The molecule has 1 aliphatic heterocycles. The summed E-state index contributed by atoms with van der Waals surface area (Å²) < 4.78 is 5.43. The Labute approximate surface area is 170 Å². The van der Waals surface area contributed by atoms with E-state index in [1.54, 1.807) is 0 Å². The Balaban J connectivity index is 1.34. The van der Waals surface area contributed by atoms with E-state index in [1.807, 2.05) is 42.1 Å². The van der Waals surface area contributed by atoms with Crippen LogP contribution in [-0.2, 0) is 21.7 Å². The third-order valence-corrected chi connectivity index (χ3v) is 6.49. The quantitative estimate of drug-likeness (QED) is 0.609. The zero-order chi connectivity index (χ0) is 19.2. The molecule has 1 amide bonds. The van der Waals surface area contributed by atoms with Gasteiger partial charge in [0, 0.05) is 29.9 Å². The number of carbonyl (C=O) groups excluding carboxylic acids is 1. The van der Waals surface area contributed by atoms with Crippen molar-refractivity contribution in [2.45, 2.75) is 30.3 Å². The van der Waals surface area contributed by atoms with Crippen LogP contribution in [0.5, 0.6) is 0 Å².